The fourth-order valence-corrected chi connectivity index (χ4v) is 5.12. The largest absolute Gasteiger partial charge is 0.467 e. The van der Waals surface area contributed by atoms with Crippen LogP contribution in [0.1, 0.15) is 12.2 Å². The third kappa shape index (κ3) is 4.84. The van der Waals surface area contributed by atoms with Crippen LogP contribution in [-0.4, -0.2) is 33.1 Å². The minimum absolute atomic E-state index is 0.0570. The molecule has 0 aliphatic rings. The first-order chi connectivity index (χ1) is 14.7. The number of amides is 1. The number of nitrogens with one attached hydrogen (secondary N) is 1. The number of aromatic nitrogens is 2. The summed E-state index contributed by atoms with van der Waals surface area (Å²) >= 11 is 4.66. The van der Waals surface area contributed by atoms with Gasteiger partial charge in [-0.1, -0.05) is 23.9 Å². The van der Waals surface area contributed by atoms with Crippen molar-refractivity contribution >= 4 is 40.3 Å². The van der Waals surface area contributed by atoms with Crippen molar-refractivity contribution in [2.24, 2.45) is 0 Å². The monoisotopic (exact) mass is 454 g/mol. The molecule has 4 rings (SSSR count). The summed E-state index contributed by atoms with van der Waals surface area (Å²) in [6.45, 7) is 0.725. The van der Waals surface area contributed by atoms with E-state index in [1.54, 1.807) is 39.9 Å². The molecule has 1 amide bonds. The predicted octanol–water partition coefficient (Wildman–Crippen LogP) is 5.49. The van der Waals surface area contributed by atoms with Gasteiger partial charge in [-0.3, -0.25) is 4.79 Å². The summed E-state index contributed by atoms with van der Waals surface area (Å²) in [5, 5.41) is 13.7. The maximum atomic E-state index is 12.8. The van der Waals surface area contributed by atoms with Crippen LogP contribution in [0, 0.1) is 11.3 Å². The van der Waals surface area contributed by atoms with E-state index in [1.807, 2.05) is 35.0 Å². The molecule has 9 heteroatoms. The number of thiophene rings is 2. The molecule has 0 aromatic carbocycles. The third-order valence-corrected chi connectivity index (χ3v) is 6.93. The number of hydrogen-bond donors (Lipinski definition) is 1. The zero-order valence-electron chi connectivity index (χ0n) is 15.9. The topological polar surface area (TPSA) is 85.9 Å². The zero-order chi connectivity index (χ0) is 20.8. The lowest BCUT2D eigenvalue weighted by molar-refractivity contribution is -0.129. The fourth-order valence-electron chi connectivity index (χ4n) is 2.90. The number of imidazole rings is 1. The Morgan fingerprint density at radius 1 is 1.20 bits per heavy atom. The molecule has 1 N–H and O–H groups in total. The number of nitrogens with zero attached hydrogens (tertiary/aromatic N) is 3. The Morgan fingerprint density at radius 3 is 2.67 bits per heavy atom. The summed E-state index contributed by atoms with van der Waals surface area (Å²) in [4.78, 5) is 24.8. The predicted molar refractivity (Wildman–Crippen MR) is 120 cm³/mol. The van der Waals surface area contributed by atoms with Crippen molar-refractivity contribution in [1.82, 2.24) is 14.9 Å². The quantitative estimate of drug-likeness (QED) is 0.338. The van der Waals surface area contributed by atoms with Crippen LogP contribution in [0.4, 0.5) is 0 Å². The lowest BCUT2D eigenvalue weighted by Gasteiger charge is -2.20. The molecule has 0 aliphatic heterocycles. The smallest absolute Gasteiger partial charge is 0.233 e. The first-order valence-electron chi connectivity index (χ1n) is 9.22. The maximum Gasteiger partial charge on any atom is 0.233 e. The Morgan fingerprint density at radius 2 is 2.00 bits per heavy atom. The molecule has 6 nitrogen and oxygen atoms in total. The van der Waals surface area contributed by atoms with E-state index in [-0.39, 0.29) is 18.1 Å². The van der Waals surface area contributed by atoms with Crippen molar-refractivity contribution < 1.29 is 9.21 Å². The lowest BCUT2D eigenvalue weighted by Crippen LogP contribution is -2.32. The van der Waals surface area contributed by atoms with E-state index in [4.69, 9.17) is 14.7 Å². The SMILES string of the molecule is N#CCCN(Cc1ccco1)C(=O)CSc1nc(-c2cccs2)c(-c2cccs2)[nH]1. The molecule has 4 aromatic rings. The molecule has 0 saturated carbocycles. The van der Waals surface area contributed by atoms with Gasteiger partial charge in [-0.25, -0.2) is 4.98 Å². The molecule has 152 valence electrons. The van der Waals surface area contributed by atoms with Gasteiger partial charge in [0.05, 0.1) is 46.5 Å². The van der Waals surface area contributed by atoms with Crippen molar-refractivity contribution in [2.75, 3.05) is 12.3 Å². The average molecular weight is 455 g/mol. The summed E-state index contributed by atoms with van der Waals surface area (Å²) < 4.78 is 5.36. The molecular formula is C21H18N4O2S3. The number of nitriles is 1. The minimum atomic E-state index is -0.0570. The number of aromatic amines is 1. The van der Waals surface area contributed by atoms with Gasteiger partial charge in [-0.05, 0) is 35.0 Å². The Balaban J connectivity index is 1.49. The van der Waals surface area contributed by atoms with Crippen LogP contribution < -0.4 is 0 Å². The summed E-state index contributed by atoms with van der Waals surface area (Å²) in [6, 6.07) is 13.8. The molecule has 4 heterocycles. The van der Waals surface area contributed by atoms with Crippen LogP contribution in [-0.2, 0) is 11.3 Å². The maximum absolute atomic E-state index is 12.8. The van der Waals surface area contributed by atoms with Gasteiger partial charge in [0.2, 0.25) is 5.91 Å². The first kappa shape index (κ1) is 20.5. The summed E-state index contributed by atoms with van der Waals surface area (Å²) in [5.74, 6) is 0.871. The third-order valence-electron chi connectivity index (χ3n) is 4.31. The van der Waals surface area contributed by atoms with E-state index < -0.39 is 0 Å². The van der Waals surface area contributed by atoms with E-state index in [9.17, 15) is 4.79 Å². The highest BCUT2D eigenvalue weighted by atomic mass is 32.2. The summed E-state index contributed by atoms with van der Waals surface area (Å²) in [7, 11) is 0. The average Bonchev–Trinajstić information content (AvgIpc) is 3.56. The summed E-state index contributed by atoms with van der Waals surface area (Å²) in [6.07, 6.45) is 1.86. The standard InChI is InChI=1S/C21H18N4O2S3/c22-8-4-9-25(13-15-5-1-10-27-15)18(26)14-30-21-23-19(16-6-2-11-28-16)20(24-21)17-7-3-12-29-17/h1-3,5-7,10-12H,4,9,13-14H2,(H,23,24). The van der Waals surface area contributed by atoms with Crippen molar-refractivity contribution in [3.63, 3.8) is 0 Å². The van der Waals surface area contributed by atoms with Crippen LogP contribution in [0.15, 0.2) is 63.0 Å². The highest BCUT2D eigenvalue weighted by Gasteiger charge is 2.19. The highest BCUT2D eigenvalue weighted by Crippen LogP contribution is 2.36. The number of furan rings is 1. The highest BCUT2D eigenvalue weighted by molar-refractivity contribution is 7.99. The Bertz CT molecular complexity index is 1060. The number of carbonyl (C=O) groups is 1. The molecule has 0 aliphatic carbocycles. The zero-order valence-corrected chi connectivity index (χ0v) is 18.4. The van der Waals surface area contributed by atoms with Gasteiger partial charge in [0.1, 0.15) is 11.5 Å². The van der Waals surface area contributed by atoms with E-state index in [0.717, 1.165) is 21.1 Å². The van der Waals surface area contributed by atoms with Gasteiger partial charge in [-0.2, -0.15) is 5.26 Å². The van der Waals surface area contributed by atoms with Gasteiger partial charge < -0.3 is 14.3 Å². The van der Waals surface area contributed by atoms with E-state index in [0.29, 0.717) is 24.0 Å². The molecule has 0 spiro atoms. The number of rotatable bonds is 9. The van der Waals surface area contributed by atoms with Crippen molar-refractivity contribution in [3.8, 4) is 27.2 Å². The normalized spacial score (nSPS) is 10.8. The summed E-state index contributed by atoms with van der Waals surface area (Å²) in [5.41, 5.74) is 1.87. The molecule has 0 fully saturated rings. The van der Waals surface area contributed by atoms with Gasteiger partial charge in [0.15, 0.2) is 5.16 Å². The van der Waals surface area contributed by atoms with Gasteiger partial charge >= 0.3 is 0 Å². The molecule has 0 saturated heterocycles. The van der Waals surface area contributed by atoms with Crippen LogP contribution in [0.5, 0.6) is 0 Å². The second-order valence-electron chi connectivity index (χ2n) is 6.31. The Hall–Kier alpha value is -2.80. The van der Waals surface area contributed by atoms with Crippen LogP contribution in [0.3, 0.4) is 0 Å². The number of carbonyl (C=O) groups excluding carboxylic acids is 1. The van der Waals surface area contributed by atoms with Crippen LogP contribution in [0.25, 0.3) is 21.1 Å². The van der Waals surface area contributed by atoms with Crippen LogP contribution >= 0.6 is 34.4 Å². The number of H-pyrrole nitrogens is 1. The molecule has 0 bridgehead atoms. The van der Waals surface area contributed by atoms with Gasteiger partial charge in [0.25, 0.3) is 0 Å². The number of hydrogen-bond acceptors (Lipinski definition) is 7. The molecular weight excluding hydrogens is 436 g/mol. The van der Waals surface area contributed by atoms with Gasteiger partial charge in [0, 0.05) is 6.54 Å². The Kier molecular flexibility index (Phi) is 6.69. The lowest BCUT2D eigenvalue weighted by atomic mass is 10.2. The van der Waals surface area contributed by atoms with Gasteiger partial charge in [-0.15, -0.1) is 22.7 Å². The van der Waals surface area contributed by atoms with Crippen molar-refractivity contribution in [1.29, 1.82) is 5.26 Å². The minimum Gasteiger partial charge on any atom is -0.467 e. The van der Waals surface area contributed by atoms with E-state index in [1.165, 1.54) is 11.8 Å². The molecule has 4 aromatic heterocycles. The Labute approximate surface area is 186 Å². The van der Waals surface area contributed by atoms with E-state index >= 15 is 0 Å². The van der Waals surface area contributed by atoms with Crippen LogP contribution in [0.2, 0.25) is 0 Å². The molecule has 0 unspecified atom stereocenters. The van der Waals surface area contributed by atoms with Crippen molar-refractivity contribution in [3.05, 3.63) is 59.2 Å². The molecule has 0 atom stereocenters. The second-order valence-corrected chi connectivity index (χ2v) is 9.17. The second kappa shape index (κ2) is 9.80. The fraction of sp³-hybridized carbons (Fsp3) is 0.190. The molecule has 0 radical (unpaired) electrons. The van der Waals surface area contributed by atoms with Crippen molar-refractivity contribution in [2.45, 2.75) is 18.1 Å². The molecule has 30 heavy (non-hydrogen) atoms. The first-order valence-corrected chi connectivity index (χ1v) is 12.0. The van der Waals surface area contributed by atoms with E-state index in [2.05, 4.69) is 17.1 Å². The number of thioether (sulfide) groups is 1.